The Balaban J connectivity index is 3.10. The summed E-state index contributed by atoms with van der Waals surface area (Å²) in [6.45, 7) is 3.27. The summed E-state index contributed by atoms with van der Waals surface area (Å²) in [5, 5.41) is 28.9. The number of aryl methyl sites for hydroxylation is 2. The number of carboxylic acid groups (broad SMARTS) is 2. The van der Waals surface area contributed by atoms with Gasteiger partial charge in [0.15, 0.2) is 0 Å². The SMILES string of the molecule is Cc1cc(C)c(-c2c(C(=O)O)c(N)[nH]c(=O)c2C(=O)O)c(O)c1. The van der Waals surface area contributed by atoms with E-state index >= 15 is 0 Å². The number of phenols is 1. The number of aromatic hydroxyl groups is 1. The number of phenolic OH excluding ortho intramolecular Hbond substituents is 1. The predicted molar refractivity (Wildman–Crippen MR) is 82.0 cm³/mol. The Morgan fingerprint density at radius 2 is 1.61 bits per heavy atom. The van der Waals surface area contributed by atoms with Gasteiger partial charge in [-0.1, -0.05) is 6.07 Å². The van der Waals surface area contributed by atoms with Crippen molar-refractivity contribution in [3.63, 3.8) is 0 Å². The van der Waals surface area contributed by atoms with Crippen molar-refractivity contribution in [2.24, 2.45) is 0 Å². The second-order valence-electron chi connectivity index (χ2n) is 5.08. The maximum absolute atomic E-state index is 11.9. The van der Waals surface area contributed by atoms with E-state index in [1.54, 1.807) is 19.9 Å². The molecular formula is C15H14N2O6. The Bertz CT molecular complexity index is 875. The zero-order valence-electron chi connectivity index (χ0n) is 12.3. The van der Waals surface area contributed by atoms with Crippen LogP contribution >= 0.6 is 0 Å². The first-order valence-corrected chi connectivity index (χ1v) is 6.48. The standard InChI is InChI=1S/C15H14N2O6/c1-5-3-6(2)8(7(18)4-5)9-10(14(20)21)12(16)17-13(19)11(9)15(22)23/h3-4,18H,1-2H3,(H,20,21)(H,22,23)(H3,16,17,19). The summed E-state index contributed by atoms with van der Waals surface area (Å²) < 4.78 is 0. The fourth-order valence-electron chi connectivity index (χ4n) is 2.57. The van der Waals surface area contributed by atoms with Crippen molar-refractivity contribution in [1.29, 1.82) is 0 Å². The fourth-order valence-corrected chi connectivity index (χ4v) is 2.57. The van der Waals surface area contributed by atoms with E-state index in [1.165, 1.54) is 6.07 Å². The molecule has 0 bridgehead atoms. The third kappa shape index (κ3) is 2.61. The highest BCUT2D eigenvalue weighted by molar-refractivity contribution is 6.08. The smallest absolute Gasteiger partial charge is 0.342 e. The molecule has 0 unspecified atom stereocenters. The number of rotatable bonds is 3. The lowest BCUT2D eigenvalue weighted by molar-refractivity contribution is 0.0695. The molecule has 0 saturated heterocycles. The van der Waals surface area contributed by atoms with E-state index < -0.39 is 40.0 Å². The highest BCUT2D eigenvalue weighted by atomic mass is 16.4. The molecule has 0 saturated carbocycles. The highest BCUT2D eigenvalue weighted by Gasteiger charge is 2.29. The van der Waals surface area contributed by atoms with E-state index in [9.17, 15) is 29.7 Å². The zero-order chi connectivity index (χ0) is 17.5. The van der Waals surface area contributed by atoms with Gasteiger partial charge in [-0.3, -0.25) is 4.79 Å². The maximum Gasteiger partial charge on any atom is 0.342 e. The van der Waals surface area contributed by atoms with Crippen LogP contribution in [0.4, 0.5) is 5.82 Å². The number of carbonyl (C=O) groups is 2. The number of hydrogen-bond donors (Lipinski definition) is 5. The average Bonchev–Trinajstić information content (AvgIpc) is 2.35. The number of aromatic carboxylic acids is 2. The quantitative estimate of drug-likeness (QED) is 0.572. The summed E-state index contributed by atoms with van der Waals surface area (Å²) in [5.74, 6) is -3.96. The van der Waals surface area contributed by atoms with E-state index in [-0.39, 0.29) is 11.3 Å². The summed E-state index contributed by atoms with van der Waals surface area (Å²) >= 11 is 0. The number of H-pyrrole nitrogens is 1. The minimum atomic E-state index is -1.62. The number of carboxylic acids is 2. The van der Waals surface area contributed by atoms with Gasteiger partial charge in [0, 0.05) is 11.1 Å². The van der Waals surface area contributed by atoms with Gasteiger partial charge in [0.1, 0.15) is 22.7 Å². The van der Waals surface area contributed by atoms with E-state index in [2.05, 4.69) is 0 Å². The lowest BCUT2D eigenvalue weighted by atomic mass is 9.90. The zero-order valence-corrected chi connectivity index (χ0v) is 12.3. The molecule has 1 aromatic carbocycles. The molecule has 6 N–H and O–H groups in total. The van der Waals surface area contributed by atoms with Gasteiger partial charge in [0.2, 0.25) is 0 Å². The average molecular weight is 318 g/mol. The van der Waals surface area contributed by atoms with Crippen LogP contribution in [-0.2, 0) is 0 Å². The van der Waals surface area contributed by atoms with E-state index in [0.29, 0.717) is 11.1 Å². The van der Waals surface area contributed by atoms with Gasteiger partial charge in [-0.2, -0.15) is 0 Å². The molecule has 8 nitrogen and oxygen atoms in total. The number of aromatic nitrogens is 1. The fraction of sp³-hybridized carbons (Fsp3) is 0.133. The summed E-state index contributed by atoms with van der Waals surface area (Å²) in [7, 11) is 0. The van der Waals surface area contributed by atoms with Gasteiger partial charge in [-0.25, -0.2) is 9.59 Å². The van der Waals surface area contributed by atoms with E-state index in [0.717, 1.165) is 0 Å². The number of nitrogens with two attached hydrogens (primary N) is 1. The Morgan fingerprint density at radius 3 is 2.09 bits per heavy atom. The molecule has 0 aliphatic heterocycles. The Morgan fingerprint density at radius 1 is 1.04 bits per heavy atom. The topological polar surface area (TPSA) is 154 Å². The van der Waals surface area contributed by atoms with Crippen molar-refractivity contribution in [1.82, 2.24) is 4.98 Å². The molecule has 0 spiro atoms. The summed E-state index contributed by atoms with van der Waals surface area (Å²) in [5.41, 5.74) is 3.77. The van der Waals surface area contributed by atoms with Crippen LogP contribution in [0.1, 0.15) is 31.8 Å². The van der Waals surface area contributed by atoms with Gasteiger partial charge in [0.05, 0.1) is 0 Å². The van der Waals surface area contributed by atoms with Crippen LogP contribution in [0.25, 0.3) is 11.1 Å². The summed E-state index contributed by atoms with van der Waals surface area (Å²) in [4.78, 5) is 36.9. The van der Waals surface area contributed by atoms with E-state index in [1.807, 2.05) is 4.98 Å². The van der Waals surface area contributed by atoms with Crippen molar-refractivity contribution < 1.29 is 24.9 Å². The number of aromatic amines is 1. The molecule has 120 valence electrons. The maximum atomic E-state index is 11.9. The number of nitrogen functional groups attached to an aromatic ring is 1. The molecule has 2 aromatic rings. The summed E-state index contributed by atoms with van der Waals surface area (Å²) in [6.07, 6.45) is 0. The molecule has 1 heterocycles. The minimum absolute atomic E-state index is 0.0526. The van der Waals surface area contributed by atoms with Gasteiger partial charge in [-0.15, -0.1) is 0 Å². The molecule has 0 atom stereocenters. The molecule has 8 heteroatoms. The van der Waals surface area contributed by atoms with Crippen molar-refractivity contribution in [3.05, 3.63) is 44.7 Å². The van der Waals surface area contributed by atoms with Crippen molar-refractivity contribution in [2.45, 2.75) is 13.8 Å². The largest absolute Gasteiger partial charge is 0.507 e. The first-order valence-electron chi connectivity index (χ1n) is 6.48. The summed E-state index contributed by atoms with van der Waals surface area (Å²) in [6, 6.07) is 2.97. The number of hydrogen-bond acceptors (Lipinski definition) is 5. The monoisotopic (exact) mass is 318 g/mol. The second-order valence-corrected chi connectivity index (χ2v) is 5.08. The number of nitrogens with one attached hydrogen (secondary N) is 1. The van der Waals surface area contributed by atoms with Crippen molar-refractivity contribution >= 4 is 17.8 Å². The van der Waals surface area contributed by atoms with Crippen molar-refractivity contribution in [3.8, 4) is 16.9 Å². The first-order chi connectivity index (χ1) is 10.6. The van der Waals surface area contributed by atoms with Crippen LogP contribution in [0.3, 0.4) is 0 Å². The molecular weight excluding hydrogens is 304 g/mol. The van der Waals surface area contributed by atoms with E-state index in [4.69, 9.17) is 5.73 Å². The number of benzene rings is 1. The second kappa shape index (κ2) is 5.48. The first kappa shape index (κ1) is 16.1. The van der Waals surface area contributed by atoms with Gasteiger partial charge in [-0.05, 0) is 31.0 Å². The normalized spacial score (nSPS) is 10.5. The highest BCUT2D eigenvalue weighted by Crippen LogP contribution is 2.38. The Labute approximate surface area is 129 Å². The van der Waals surface area contributed by atoms with Crippen LogP contribution in [0.2, 0.25) is 0 Å². The van der Waals surface area contributed by atoms with Crippen molar-refractivity contribution in [2.75, 3.05) is 5.73 Å². The van der Waals surface area contributed by atoms with Crippen LogP contribution in [-0.4, -0.2) is 32.2 Å². The third-order valence-electron chi connectivity index (χ3n) is 3.38. The minimum Gasteiger partial charge on any atom is -0.507 e. The Hall–Kier alpha value is -3.29. The molecule has 0 amide bonds. The molecule has 2 rings (SSSR count). The number of anilines is 1. The van der Waals surface area contributed by atoms with Crippen LogP contribution in [0.15, 0.2) is 16.9 Å². The predicted octanol–water partition coefficient (Wildman–Crippen LogP) is 1.34. The number of pyridine rings is 1. The molecule has 0 aliphatic carbocycles. The van der Waals surface area contributed by atoms with Crippen LogP contribution in [0, 0.1) is 13.8 Å². The van der Waals surface area contributed by atoms with Crippen LogP contribution in [0.5, 0.6) is 5.75 Å². The third-order valence-corrected chi connectivity index (χ3v) is 3.38. The molecule has 1 aromatic heterocycles. The lowest BCUT2D eigenvalue weighted by Gasteiger charge is -2.16. The lowest BCUT2D eigenvalue weighted by Crippen LogP contribution is -2.24. The molecule has 23 heavy (non-hydrogen) atoms. The van der Waals surface area contributed by atoms with Gasteiger partial charge in [0.25, 0.3) is 5.56 Å². The van der Waals surface area contributed by atoms with Crippen LogP contribution < -0.4 is 11.3 Å². The van der Waals surface area contributed by atoms with Gasteiger partial charge < -0.3 is 26.0 Å². The molecule has 0 aliphatic rings. The molecule has 0 fully saturated rings. The Kier molecular flexibility index (Phi) is 3.84. The molecule has 0 radical (unpaired) electrons. The van der Waals surface area contributed by atoms with Gasteiger partial charge >= 0.3 is 11.9 Å².